The third-order valence-electron chi connectivity index (χ3n) is 5.68. The topological polar surface area (TPSA) is 84.2 Å². The van der Waals surface area contributed by atoms with Crippen LogP contribution in [0.4, 0.5) is 38.0 Å². The van der Waals surface area contributed by atoms with Gasteiger partial charge < -0.3 is 14.6 Å². The molecule has 38 heavy (non-hydrogen) atoms. The lowest BCUT2D eigenvalue weighted by Gasteiger charge is -2.30. The Bertz CT molecular complexity index is 1500. The SMILES string of the molecule is O=C(N1CCc2cc(Nc3ncc(C(F)(F)F)c(-c4cc(-c5ncco5)cs4)n3)c(Cl)cc2C1)C(F)(F)F. The molecule has 5 rings (SSSR count). The van der Waals surface area contributed by atoms with Gasteiger partial charge in [-0.3, -0.25) is 4.79 Å². The predicted molar refractivity (Wildman–Crippen MR) is 126 cm³/mol. The number of hydrogen-bond donors (Lipinski definition) is 1. The molecule has 0 saturated heterocycles. The number of carbonyl (C=O) groups excluding carboxylic acids is 1. The van der Waals surface area contributed by atoms with Crippen LogP contribution < -0.4 is 5.32 Å². The number of amides is 1. The predicted octanol–water partition coefficient (Wildman–Crippen LogP) is 6.72. The van der Waals surface area contributed by atoms with Crippen LogP contribution in [0.15, 0.2) is 46.7 Å². The summed E-state index contributed by atoms with van der Waals surface area (Å²) in [4.78, 5) is 24.3. The van der Waals surface area contributed by atoms with Gasteiger partial charge >= 0.3 is 18.3 Å². The number of carbonyl (C=O) groups is 1. The molecule has 0 spiro atoms. The second-order valence-corrected chi connectivity index (χ2v) is 9.51. The largest absolute Gasteiger partial charge is 0.471 e. The number of anilines is 2. The summed E-state index contributed by atoms with van der Waals surface area (Å²) in [5.74, 6) is -1.87. The maximum atomic E-state index is 13.7. The molecule has 1 aliphatic rings. The lowest BCUT2D eigenvalue weighted by molar-refractivity contribution is -0.186. The van der Waals surface area contributed by atoms with Crippen molar-refractivity contribution in [3.8, 4) is 22.0 Å². The van der Waals surface area contributed by atoms with Crippen molar-refractivity contribution < 1.29 is 35.6 Å². The second-order valence-electron chi connectivity index (χ2n) is 8.19. The van der Waals surface area contributed by atoms with Crippen molar-refractivity contribution in [1.82, 2.24) is 19.9 Å². The van der Waals surface area contributed by atoms with Gasteiger partial charge in [-0.2, -0.15) is 26.3 Å². The number of alkyl halides is 6. The third-order valence-corrected chi connectivity index (χ3v) is 6.93. The molecule has 0 bridgehead atoms. The minimum atomic E-state index is -4.99. The van der Waals surface area contributed by atoms with Crippen molar-refractivity contribution in [2.24, 2.45) is 0 Å². The highest BCUT2D eigenvalue weighted by atomic mass is 35.5. The monoisotopic (exact) mass is 573 g/mol. The summed E-state index contributed by atoms with van der Waals surface area (Å²) in [5.41, 5.74) is 0.369. The number of benzene rings is 1. The van der Waals surface area contributed by atoms with Crippen LogP contribution in [0.2, 0.25) is 5.02 Å². The Hall–Kier alpha value is -3.65. The molecule has 1 N–H and O–H groups in total. The summed E-state index contributed by atoms with van der Waals surface area (Å²) in [7, 11) is 0. The Morgan fingerprint density at radius 2 is 1.89 bits per heavy atom. The van der Waals surface area contributed by atoms with Crippen molar-refractivity contribution >= 4 is 40.5 Å². The molecule has 7 nitrogen and oxygen atoms in total. The van der Waals surface area contributed by atoms with Gasteiger partial charge in [0, 0.05) is 30.2 Å². The summed E-state index contributed by atoms with van der Waals surface area (Å²) in [6.45, 7) is -0.432. The van der Waals surface area contributed by atoms with Crippen LogP contribution in [0.3, 0.4) is 0 Å². The van der Waals surface area contributed by atoms with E-state index in [2.05, 4.69) is 20.3 Å². The number of aromatic nitrogens is 3. The zero-order valence-electron chi connectivity index (χ0n) is 18.8. The number of thiophene rings is 1. The van der Waals surface area contributed by atoms with Crippen LogP contribution in [0.5, 0.6) is 0 Å². The molecule has 0 saturated carbocycles. The number of fused-ring (bicyclic) bond motifs is 1. The Kier molecular flexibility index (Phi) is 6.55. The van der Waals surface area contributed by atoms with Gasteiger partial charge in [0.2, 0.25) is 11.8 Å². The molecule has 1 aromatic carbocycles. The molecule has 0 radical (unpaired) electrons. The van der Waals surface area contributed by atoms with E-state index in [9.17, 15) is 31.1 Å². The van der Waals surface area contributed by atoms with Crippen LogP contribution in [0, 0.1) is 0 Å². The van der Waals surface area contributed by atoms with Crippen LogP contribution in [-0.4, -0.2) is 38.5 Å². The van der Waals surface area contributed by atoms with E-state index in [0.29, 0.717) is 27.8 Å². The van der Waals surface area contributed by atoms with E-state index in [1.807, 2.05) is 0 Å². The fourth-order valence-electron chi connectivity index (χ4n) is 3.92. The summed E-state index contributed by atoms with van der Waals surface area (Å²) >= 11 is 7.33. The molecule has 1 aliphatic heterocycles. The Labute approximate surface area is 219 Å². The lowest BCUT2D eigenvalue weighted by Crippen LogP contribution is -2.43. The molecule has 0 fully saturated rings. The zero-order chi connectivity index (χ0) is 27.2. The zero-order valence-corrected chi connectivity index (χ0v) is 20.4. The van der Waals surface area contributed by atoms with Crippen molar-refractivity contribution in [3.63, 3.8) is 0 Å². The summed E-state index contributed by atoms with van der Waals surface area (Å²) in [5, 5.41) is 4.45. The minimum Gasteiger partial charge on any atom is -0.445 e. The molecule has 1 amide bonds. The average Bonchev–Trinajstić information content (AvgIpc) is 3.55. The Morgan fingerprint density at radius 1 is 1.11 bits per heavy atom. The molecule has 4 aromatic rings. The highest BCUT2D eigenvalue weighted by Crippen LogP contribution is 2.40. The molecular formula is C23H14ClF6N5O2S. The number of hydrogen-bond acceptors (Lipinski definition) is 7. The first-order valence-corrected chi connectivity index (χ1v) is 12.0. The summed E-state index contributed by atoms with van der Waals surface area (Å²) < 4.78 is 84.8. The molecule has 4 heterocycles. The van der Waals surface area contributed by atoms with E-state index in [0.717, 1.165) is 11.3 Å². The van der Waals surface area contributed by atoms with E-state index in [1.165, 1.54) is 24.6 Å². The van der Waals surface area contributed by atoms with Gasteiger partial charge in [-0.15, -0.1) is 11.3 Å². The quantitative estimate of drug-likeness (QED) is 0.273. The molecular weight excluding hydrogens is 560 g/mol. The third kappa shape index (κ3) is 5.18. The van der Waals surface area contributed by atoms with Gasteiger partial charge in [0.15, 0.2) is 0 Å². The smallest absolute Gasteiger partial charge is 0.445 e. The molecule has 0 aliphatic carbocycles. The van der Waals surface area contributed by atoms with Crippen molar-refractivity contribution in [3.05, 3.63) is 63.9 Å². The molecule has 3 aromatic heterocycles. The van der Waals surface area contributed by atoms with Gasteiger partial charge in [0.1, 0.15) is 11.8 Å². The minimum absolute atomic E-state index is 0.0670. The van der Waals surface area contributed by atoms with Gasteiger partial charge in [-0.05, 0) is 35.7 Å². The highest BCUT2D eigenvalue weighted by molar-refractivity contribution is 7.14. The highest BCUT2D eigenvalue weighted by Gasteiger charge is 2.43. The van der Waals surface area contributed by atoms with Crippen molar-refractivity contribution in [2.45, 2.75) is 25.3 Å². The van der Waals surface area contributed by atoms with Crippen LogP contribution in [-0.2, 0) is 23.9 Å². The van der Waals surface area contributed by atoms with Gasteiger partial charge in [0.25, 0.3) is 0 Å². The first-order chi connectivity index (χ1) is 17.9. The van der Waals surface area contributed by atoms with Crippen LogP contribution >= 0.6 is 22.9 Å². The molecule has 198 valence electrons. The first-order valence-electron chi connectivity index (χ1n) is 10.8. The number of oxazole rings is 1. The van der Waals surface area contributed by atoms with Gasteiger partial charge in [0.05, 0.1) is 27.5 Å². The summed E-state index contributed by atoms with van der Waals surface area (Å²) in [6.07, 6.45) is -6.19. The fourth-order valence-corrected chi connectivity index (χ4v) is 5.04. The van der Waals surface area contributed by atoms with Crippen molar-refractivity contribution in [1.29, 1.82) is 0 Å². The van der Waals surface area contributed by atoms with Crippen LogP contribution in [0.25, 0.3) is 22.0 Å². The van der Waals surface area contributed by atoms with E-state index in [-0.39, 0.29) is 52.6 Å². The second kappa shape index (κ2) is 9.58. The van der Waals surface area contributed by atoms with Gasteiger partial charge in [-0.25, -0.2) is 15.0 Å². The Balaban J connectivity index is 1.45. The fraction of sp³-hybridized carbons (Fsp3) is 0.217. The average molecular weight is 574 g/mol. The first kappa shape index (κ1) is 26.0. The van der Waals surface area contributed by atoms with E-state index < -0.39 is 23.8 Å². The number of nitrogens with zero attached hydrogens (tertiary/aromatic N) is 4. The van der Waals surface area contributed by atoms with E-state index in [4.69, 9.17) is 16.0 Å². The van der Waals surface area contributed by atoms with Gasteiger partial charge in [-0.1, -0.05) is 11.6 Å². The lowest BCUT2D eigenvalue weighted by atomic mass is 9.99. The maximum absolute atomic E-state index is 13.7. The molecule has 15 heteroatoms. The number of rotatable bonds is 4. The number of nitrogens with one attached hydrogen (secondary N) is 1. The molecule has 0 atom stereocenters. The van der Waals surface area contributed by atoms with E-state index in [1.54, 1.807) is 11.4 Å². The normalized spacial score (nSPS) is 13.9. The van der Waals surface area contributed by atoms with Crippen LogP contribution in [0.1, 0.15) is 16.7 Å². The molecule has 0 unspecified atom stereocenters. The number of halogens is 7. The van der Waals surface area contributed by atoms with E-state index >= 15 is 0 Å². The Morgan fingerprint density at radius 3 is 2.58 bits per heavy atom. The van der Waals surface area contributed by atoms with Crippen molar-refractivity contribution in [2.75, 3.05) is 11.9 Å². The standard InChI is InChI=1S/C23H14ClF6N5O2S/c24-15-5-12-9-35(20(36)23(28,29)30)3-1-11(12)6-16(15)33-21-32-8-14(22(25,26)27)18(34-21)17-7-13(10-38-17)19-31-2-4-37-19/h2,4-8,10H,1,3,9H2,(H,32,33,34). The maximum Gasteiger partial charge on any atom is 0.471 e. The summed E-state index contributed by atoms with van der Waals surface area (Å²) in [6, 6.07) is 4.43.